The lowest BCUT2D eigenvalue weighted by molar-refractivity contribution is -0.136. The largest absolute Gasteiger partial charge is 0.480 e. The number of benzene rings is 1. The fraction of sp³-hybridized carbons (Fsp3) is 0.250. The maximum Gasteiger partial charge on any atom is 0.316 e. The van der Waals surface area contributed by atoms with E-state index < -0.39 is 11.2 Å². The number of aromatic nitrogens is 1. The Morgan fingerprint density at radius 2 is 1.95 bits per heavy atom. The number of hydrogen-bond donors (Lipinski definition) is 1. The molecule has 20 heavy (non-hydrogen) atoms. The highest BCUT2D eigenvalue weighted by molar-refractivity contribution is 7.99. The van der Waals surface area contributed by atoms with Gasteiger partial charge >= 0.3 is 5.97 Å². The molecule has 0 saturated heterocycles. The maximum absolute atomic E-state index is 11.4. The van der Waals surface area contributed by atoms with Crippen molar-refractivity contribution in [3.8, 4) is 0 Å². The Morgan fingerprint density at radius 1 is 1.20 bits per heavy atom. The lowest BCUT2D eigenvalue weighted by atomic mass is 10.1. The minimum atomic E-state index is -0.772. The van der Waals surface area contributed by atoms with Crippen molar-refractivity contribution in [1.82, 2.24) is 4.98 Å². The first-order valence-corrected chi connectivity index (χ1v) is 7.51. The van der Waals surface area contributed by atoms with Gasteiger partial charge in [-0.05, 0) is 31.0 Å². The average molecular weight is 287 g/mol. The molecule has 1 atom stereocenters. The van der Waals surface area contributed by atoms with Crippen LogP contribution >= 0.6 is 11.8 Å². The van der Waals surface area contributed by atoms with Crippen LogP contribution in [-0.4, -0.2) is 21.3 Å². The predicted octanol–water partition coefficient (Wildman–Crippen LogP) is 3.32. The van der Waals surface area contributed by atoms with E-state index in [4.69, 9.17) is 0 Å². The second kappa shape index (κ2) is 7.10. The zero-order valence-corrected chi connectivity index (χ0v) is 12.1. The first-order valence-electron chi connectivity index (χ1n) is 6.46. The number of hydrogen-bond acceptors (Lipinski definition) is 3. The molecule has 0 spiro atoms. The Labute approximate surface area is 123 Å². The van der Waals surface area contributed by atoms with Crippen LogP contribution in [0.25, 0.3) is 0 Å². The predicted molar refractivity (Wildman–Crippen MR) is 81.8 cm³/mol. The summed E-state index contributed by atoms with van der Waals surface area (Å²) >= 11 is 1.42. The summed E-state index contributed by atoms with van der Waals surface area (Å²) in [5.41, 5.74) is 2.93. The summed E-state index contributed by atoms with van der Waals surface area (Å²) in [6, 6.07) is 15.5. The van der Waals surface area contributed by atoms with Crippen molar-refractivity contribution >= 4 is 17.7 Å². The number of aliphatic carboxylic acids is 1. The van der Waals surface area contributed by atoms with Crippen molar-refractivity contribution in [2.24, 2.45) is 0 Å². The Bertz CT molecular complexity index is 572. The van der Waals surface area contributed by atoms with E-state index in [0.717, 1.165) is 17.0 Å². The van der Waals surface area contributed by atoms with Gasteiger partial charge in [0, 0.05) is 11.4 Å². The molecule has 0 aliphatic carbocycles. The summed E-state index contributed by atoms with van der Waals surface area (Å²) in [5.74, 6) is -0.155. The van der Waals surface area contributed by atoms with Crippen LogP contribution < -0.4 is 0 Å². The number of carboxylic acids is 1. The number of aryl methyl sites for hydroxylation is 1. The third-order valence-corrected chi connectivity index (χ3v) is 4.15. The van der Waals surface area contributed by atoms with Crippen LogP contribution in [0, 0.1) is 6.92 Å². The van der Waals surface area contributed by atoms with Gasteiger partial charge < -0.3 is 5.11 Å². The second-order valence-electron chi connectivity index (χ2n) is 4.60. The maximum atomic E-state index is 11.4. The number of carboxylic acid groups (broad SMARTS) is 1. The van der Waals surface area contributed by atoms with Crippen molar-refractivity contribution < 1.29 is 9.90 Å². The van der Waals surface area contributed by atoms with Crippen LogP contribution in [0.2, 0.25) is 0 Å². The Balaban J connectivity index is 1.98. The Kier molecular flexibility index (Phi) is 5.18. The van der Waals surface area contributed by atoms with Crippen molar-refractivity contribution in [3.05, 3.63) is 65.5 Å². The molecule has 1 aromatic carbocycles. The van der Waals surface area contributed by atoms with Gasteiger partial charge in [-0.1, -0.05) is 36.4 Å². The van der Waals surface area contributed by atoms with Crippen LogP contribution in [0.1, 0.15) is 17.0 Å². The van der Waals surface area contributed by atoms with E-state index in [1.54, 1.807) is 0 Å². The molecule has 1 heterocycles. The molecule has 1 aromatic heterocycles. The summed E-state index contributed by atoms with van der Waals surface area (Å²) in [5, 5.41) is 8.88. The summed E-state index contributed by atoms with van der Waals surface area (Å²) in [7, 11) is 0. The first-order chi connectivity index (χ1) is 9.65. The molecule has 1 unspecified atom stereocenters. The minimum Gasteiger partial charge on any atom is -0.480 e. The van der Waals surface area contributed by atoms with Gasteiger partial charge in [0.05, 0.1) is 5.69 Å². The van der Waals surface area contributed by atoms with E-state index in [9.17, 15) is 9.90 Å². The van der Waals surface area contributed by atoms with Crippen LogP contribution in [0.5, 0.6) is 0 Å². The van der Waals surface area contributed by atoms with Crippen molar-refractivity contribution in [1.29, 1.82) is 0 Å². The zero-order valence-electron chi connectivity index (χ0n) is 11.3. The molecule has 0 radical (unpaired) electrons. The van der Waals surface area contributed by atoms with E-state index >= 15 is 0 Å². The molecule has 104 valence electrons. The molecule has 0 aliphatic rings. The van der Waals surface area contributed by atoms with Gasteiger partial charge in [0.25, 0.3) is 0 Å². The van der Waals surface area contributed by atoms with Gasteiger partial charge in [-0.3, -0.25) is 9.78 Å². The third kappa shape index (κ3) is 4.38. The van der Waals surface area contributed by atoms with Crippen molar-refractivity contribution in [2.75, 3.05) is 0 Å². The monoisotopic (exact) mass is 287 g/mol. The normalized spacial score (nSPS) is 12.1. The number of carbonyl (C=O) groups is 1. The minimum absolute atomic E-state index is 0.445. The Morgan fingerprint density at radius 3 is 2.60 bits per heavy atom. The molecule has 2 rings (SSSR count). The SMILES string of the molecule is Cc1cccc(CSC(Cc2ccccc2)C(=O)O)n1. The fourth-order valence-corrected chi connectivity index (χ4v) is 2.90. The molecule has 3 nitrogen and oxygen atoms in total. The highest BCUT2D eigenvalue weighted by Gasteiger charge is 2.18. The zero-order chi connectivity index (χ0) is 14.4. The van der Waals surface area contributed by atoms with E-state index in [1.165, 1.54) is 11.8 Å². The van der Waals surface area contributed by atoms with Gasteiger partial charge in [-0.15, -0.1) is 11.8 Å². The summed E-state index contributed by atoms with van der Waals surface area (Å²) < 4.78 is 0. The van der Waals surface area contributed by atoms with Gasteiger partial charge in [0.2, 0.25) is 0 Å². The standard InChI is InChI=1S/C16H17NO2S/c1-12-6-5-9-14(17-12)11-20-15(16(18)19)10-13-7-3-2-4-8-13/h2-9,15H,10-11H2,1H3,(H,18,19). The van der Waals surface area contributed by atoms with Crippen molar-refractivity contribution in [3.63, 3.8) is 0 Å². The van der Waals surface area contributed by atoms with E-state index in [1.807, 2.05) is 55.5 Å². The second-order valence-corrected chi connectivity index (χ2v) is 5.79. The van der Waals surface area contributed by atoms with Gasteiger partial charge in [0.15, 0.2) is 0 Å². The molecule has 1 N–H and O–H groups in total. The van der Waals surface area contributed by atoms with Crippen LogP contribution in [-0.2, 0) is 17.0 Å². The summed E-state index contributed by atoms with van der Waals surface area (Å²) in [6.07, 6.45) is 0.534. The molecule has 0 saturated carbocycles. The van der Waals surface area contributed by atoms with E-state index in [0.29, 0.717) is 12.2 Å². The lowest BCUT2D eigenvalue weighted by Crippen LogP contribution is -2.19. The van der Waals surface area contributed by atoms with Crippen LogP contribution in [0.3, 0.4) is 0 Å². The van der Waals surface area contributed by atoms with Crippen molar-refractivity contribution in [2.45, 2.75) is 24.3 Å². The van der Waals surface area contributed by atoms with Crippen LogP contribution in [0.15, 0.2) is 48.5 Å². The molecule has 2 aromatic rings. The molecule has 4 heteroatoms. The molecular weight excluding hydrogens is 270 g/mol. The average Bonchev–Trinajstić information content (AvgIpc) is 2.44. The molecular formula is C16H17NO2S. The molecule has 0 aliphatic heterocycles. The topological polar surface area (TPSA) is 50.2 Å². The summed E-state index contributed by atoms with van der Waals surface area (Å²) in [4.78, 5) is 15.7. The Hall–Kier alpha value is -1.81. The number of nitrogens with zero attached hydrogens (tertiary/aromatic N) is 1. The van der Waals surface area contributed by atoms with Gasteiger partial charge in [-0.2, -0.15) is 0 Å². The summed E-state index contributed by atoms with van der Waals surface area (Å²) in [6.45, 7) is 1.94. The quantitative estimate of drug-likeness (QED) is 0.885. The van der Waals surface area contributed by atoms with E-state index in [2.05, 4.69) is 4.98 Å². The number of pyridine rings is 1. The fourth-order valence-electron chi connectivity index (χ4n) is 1.91. The lowest BCUT2D eigenvalue weighted by Gasteiger charge is -2.12. The van der Waals surface area contributed by atoms with E-state index in [-0.39, 0.29) is 0 Å². The first kappa shape index (κ1) is 14.6. The molecule has 0 fully saturated rings. The highest BCUT2D eigenvalue weighted by atomic mass is 32.2. The van der Waals surface area contributed by atoms with Gasteiger partial charge in [-0.25, -0.2) is 0 Å². The van der Waals surface area contributed by atoms with Crippen LogP contribution in [0.4, 0.5) is 0 Å². The molecule has 0 amide bonds. The third-order valence-electron chi connectivity index (χ3n) is 2.92. The smallest absolute Gasteiger partial charge is 0.316 e. The molecule has 0 bridgehead atoms. The van der Waals surface area contributed by atoms with Gasteiger partial charge in [0.1, 0.15) is 5.25 Å². The number of thioether (sulfide) groups is 1. The number of rotatable bonds is 6. The highest BCUT2D eigenvalue weighted by Crippen LogP contribution is 2.21.